The van der Waals surface area contributed by atoms with Crippen molar-refractivity contribution in [2.75, 3.05) is 13.2 Å². The maximum atomic E-state index is 12.5. The number of nitrogens with one attached hydrogen (secondary N) is 1. The Labute approximate surface area is 500 Å². The van der Waals surface area contributed by atoms with Crippen LogP contribution in [0.15, 0.2) is 36.5 Å². The van der Waals surface area contributed by atoms with Gasteiger partial charge in [-0.1, -0.05) is 339 Å². The quantitative estimate of drug-likeness (QED) is 0.0320. The molecular weight excluding hydrogens is 983 g/mol. The smallest absolute Gasteiger partial charge is 0.305 e. The molecule has 0 heterocycles. The van der Waals surface area contributed by atoms with Gasteiger partial charge in [-0.25, -0.2) is 0 Å². The first-order valence-corrected chi connectivity index (χ1v) is 36.3. The van der Waals surface area contributed by atoms with Crippen molar-refractivity contribution in [1.29, 1.82) is 0 Å². The van der Waals surface area contributed by atoms with Crippen LogP contribution in [0.25, 0.3) is 0 Å². The Kier molecular flexibility index (Phi) is 67.9. The molecule has 6 heteroatoms. The number of hydrogen-bond acceptors (Lipinski definition) is 5. The Morgan fingerprint density at radius 1 is 0.338 bits per heavy atom. The van der Waals surface area contributed by atoms with E-state index in [-0.39, 0.29) is 18.5 Å². The summed E-state index contributed by atoms with van der Waals surface area (Å²) in [5, 5.41) is 23.2. The van der Waals surface area contributed by atoms with Gasteiger partial charge in [-0.3, -0.25) is 9.59 Å². The monoisotopic (exact) mass is 1120 g/mol. The number of esters is 1. The summed E-state index contributed by atoms with van der Waals surface area (Å²) in [7, 11) is 0. The molecule has 0 aromatic carbocycles. The number of ether oxygens (including phenoxy) is 1. The Morgan fingerprint density at radius 2 is 0.588 bits per heavy atom. The SMILES string of the molecule is CCCCCC/C=C\CCCCCCCC(=O)OCCCCCCCCCCCCCC/C=C\CCCCCCCCCCCCCCCCCC(=O)NC(CO)C(O)/C=C/CCCCCCCCCCCCCCCCCCC. The topological polar surface area (TPSA) is 95.9 Å². The number of carbonyl (C=O) groups is 2. The van der Waals surface area contributed by atoms with Crippen molar-refractivity contribution in [1.82, 2.24) is 5.32 Å². The molecule has 3 N–H and O–H groups in total. The van der Waals surface area contributed by atoms with Gasteiger partial charge in [-0.2, -0.15) is 0 Å². The summed E-state index contributed by atoms with van der Waals surface area (Å²) in [5.41, 5.74) is 0. The first-order chi connectivity index (χ1) is 39.5. The second-order valence-electron chi connectivity index (χ2n) is 24.9. The van der Waals surface area contributed by atoms with Crippen molar-refractivity contribution in [3.63, 3.8) is 0 Å². The number of hydrogen-bond donors (Lipinski definition) is 3. The van der Waals surface area contributed by atoms with E-state index >= 15 is 0 Å². The molecule has 80 heavy (non-hydrogen) atoms. The molecule has 0 aliphatic rings. The van der Waals surface area contributed by atoms with Gasteiger partial charge >= 0.3 is 5.97 Å². The minimum atomic E-state index is -0.844. The van der Waals surface area contributed by atoms with Gasteiger partial charge in [-0.05, 0) is 83.5 Å². The van der Waals surface area contributed by atoms with Gasteiger partial charge in [0.05, 0.1) is 25.4 Å². The van der Waals surface area contributed by atoms with Crippen LogP contribution in [0.2, 0.25) is 0 Å². The van der Waals surface area contributed by atoms with E-state index in [1.165, 1.54) is 327 Å². The molecule has 0 rings (SSSR count). The fraction of sp³-hybridized carbons (Fsp3) is 0.892. The number of unbranched alkanes of at least 4 members (excludes halogenated alkanes) is 53. The Hall–Kier alpha value is -1.92. The molecule has 2 unspecified atom stereocenters. The first kappa shape index (κ1) is 78.1. The molecule has 0 fully saturated rings. The fourth-order valence-corrected chi connectivity index (χ4v) is 11.3. The molecule has 0 radical (unpaired) electrons. The summed E-state index contributed by atoms with van der Waals surface area (Å²) in [5.74, 6) is -0.0540. The molecule has 0 aliphatic carbocycles. The summed E-state index contributed by atoms with van der Waals surface area (Å²) >= 11 is 0. The van der Waals surface area contributed by atoms with Gasteiger partial charge in [-0.15, -0.1) is 0 Å². The largest absolute Gasteiger partial charge is 0.466 e. The summed E-state index contributed by atoms with van der Waals surface area (Å²) in [6.45, 7) is 4.92. The summed E-state index contributed by atoms with van der Waals surface area (Å²) in [4.78, 5) is 24.6. The van der Waals surface area contributed by atoms with E-state index in [4.69, 9.17) is 4.74 Å². The molecule has 1 amide bonds. The van der Waals surface area contributed by atoms with Crippen molar-refractivity contribution in [2.45, 2.75) is 411 Å². The molecular formula is C74H141NO5. The average molecular weight is 1120 g/mol. The van der Waals surface area contributed by atoms with E-state index in [0.717, 1.165) is 44.9 Å². The van der Waals surface area contributed by atoms with E-state index in [9.17, 15) is 19.8 Å². The van der Waals surface area contributed by atoms with Gasteiger partial charge in [0.2, 0.25) is 5.91 Å². The van der Waals surface area contributed by atoms with Crippen LogP contribution in [0.5, 0.6) is 0 Å². The zero-order valence-electron chi connectivity index (χ0n) is 54.1. The van der Waals surface area contributed by atoms with Crippen LogP contribution in [-0.2, 0) is 14.3 Å². The van der Waals surface area contributed by atoms with Crippen LogP contribution in [0, 0.1) is 0 Å². The highest BCUT2D eigenvalue weighted by molar-refractivity contribution is 5.76. The van der Waals surface area contributed by atoms with E-state index in [1.54, 1.807) is 6.08 Å². The minimum absolute atomic E-state index is 0.00847. The molecule has 472 valence electrons. The second-order valence-corrected chi connectivity index (χ2v) is 24.9. The highest BCUT2D eigenvalue weighted by Gasteiger charge is 2.18. The number of carbonyl (C=O) groups excluding carboxylic acids is 2. The van der Waals surface area contributed by atoms with Gasteiger partial charge in [0, 0.05) is 12.8 Å². The van der Waals surface area contributed by atoms with Gasteiger partial charge in [0.1, 0.15) is 0 Å². The lowest BCUT2D eigenvalue weighted by Gasteiger charge is -2.20. The van der Waals surface area contributed by atoms with Crippen molar-refractivity contribution in [2.24, 2.45) is 0 Å². The average Bonchev–Trinajstić information content (AvgIpc) is 3.46. The minimum Gasteiger partial charge on any atom is -0.466 e. The summed E-state index contributed by atoms with van der Waals surface area (Å²) in [6.07, 6.45) is 89.5. The predicted octanol–water partition coefficient (Wildman–Crippen LogP) is 23.5. The Morgan fingerprint density at radius 3 is 0.900 bits per heavy atom. The first-order valence-electron chi connectivity index (χ1n) is 36.3. The van der Waals surface area contributed by atoms with E-state index in [1.807, 2.05) is 6.08 Å². The van der Waals surface area contributed by atoms with Gasteiger partial charge in [0.15, 0.2) is 0 Å². The van der Waals surface area contributed by atoms with Gasteiger partial charge in [0.25, 0.3) is 0 Å². The summed E-state index contributed by atoms with van der Waals surface area (Å²) in [6, 6.07) is -0.627. The lowest BCUT2D eigenvalue weighted by molar-refractivity contribution is -0.143. The van der Waals surface area contributed by atoms with Crippen LogP contribution >= 0.6 is 0 Å². The zero-order chi connectivity index (χ0) is 57.8. The van der Waals surface area contributed by atoms with Crippen molar-refractivity contribution in [3.8, 4) is 0 Å². The van der Waals surface area contributed by atoms with Crippen LogP contribution in [-0.4, -0.2) is 47.4 Å². The molecule has 0 spiro atoms. The molecule has 0 bridgehead atoms. The fourth-order valence-electron chi connectivity index (χ4n) is 11.3. The van der Waals surface area contributed by atoms with Crippen LogP contribution in [0.4, 0.5) is 0 Å². The van der Waals surface area contributed by atoms with Gasteiger partial charge < -0.3 is 20.3 Å². The van der Waals surface area contributed by atoms with Crippen LogP contribution < -0.4 is 5.32 Å². The third kappa shape index (κ3) is 65.2. The highest BCUT2D eigenvalue weighted by atomic mass is 16.5. The van der Waals surface area contributed by atoms with Crippen LogP contribution in [0.1, 0.15) is 399 Å². The molecule has 0 saturated heterocycles. The lowest BCUT2D eigenvalue weighted by atomic mass is 10.0. The Bertz CT molecular complexity index is 1300. The van der Waals surface area contributed by atoms with Crippen molar-refractivity contribution in [3.05, 3.63) is 36.5 Å². The van der Waals surface area contributed by atoms with E-state index in [2.05, 4.69) is 43.5 Å². The summed E-state index contributed by atoms with van der Waals surface area (Å²) < 4.78 is 5.48. The lowest BCUT2D eigenvalue weighted by Crippen LogP contribution is -2.45. The number of aliphatic hydroxyl groups is 2. The van der Waals surface area contributed by atoms with Crippen LogP contribution in [0.3, 0.4) is 0 Å². The standard InChI is InChI=1S/C74H141NO5/c1-3-5-7-9-11-13-15-17-18-19-33-36-39-43-46-50-54-58-62-66-72(77)71(70-76)75-73(78)67-63-59-55-51-47-44-40-37-34-31-29-27-25-23-21-20-22-24-26-28-30-32-35-38-41-45-49-53-57-61-65-69-80-74(79)68-64-60-56-52-48-42-16-14-12-10-8-6-4-2/h14,16,22,24,62,66,71-72,76-77H,3-13,15,17-21,23,25-61,63-65,67-70H2,1-2H3,(H,75,78)/b16-14-,24-22-,66-62+. The maximum absolute atomic E-state index is 12.5. The molecule has 0 aliphatic heterocycles. The molecule has 6 nitrogen and oxygen atoms in total. The van der Waals surface area contributed by atoms with Crippen molar-refractivity contribution < 1.29 is 24.5 Å². The molecule has 0 aromatic rings. The Balaban J connectivity index is 3.39. The number of rotatable bonds is 68. The predicted molar refractivity (Wildman–Crippen MR) is 352 cm³/mol. The highest BCUT2D eigenvalue weighted by Crippen LogP contribution is 2.18. The zero-order valence-corrected chi connectivity index (χ0v) is 54.1. The van der Waals surface area contributed by atoms with Crippen molar-refractivity contribution >= 4 is 11.9 Å². The van der Waals surface area contributed by atoms with E-state index < -0.39 is 12.1 Å². The van der Waals surface area contributed by atoms with E-state index in [0.29, 0.717) is 19.4 Å². The number of aliphatic hydroxyl groups excluding tert-OH is 2. The maximum Gasteiger partial charge on any atom is 0.305 e. The third-order valence-corrected chi connectivity index (χ3v) is 16.9. The normalized spacial score (nSPS) is 12.7. The second kappa shape index (κ2) is 69.6. The molecule has 0 aromatic heterocycles. The molecule has 0 saturated carbocycles. The number of allylic oxidation sites excluding steroid dienone is 5. The third-order valence-electron chi connectivity index (χ3n) is 16.9. The number of amides is 1. The molecule has 2 atom stereocenters.